The Morgan fingerprint density at radius 1 is 0.594 bits per heavy atom. The number of pyridine rings is 3. The summed E-state index contributed by atoms with van der Waals surface area (Å²) in [6, 6.07) is 23.4. The fourth-order valence-electron chi connectivity index (χ4n) is 4.12. The van der Waals surface area contributed by atoms with Crippen molar-refractivity contribution in [2.75, 3.05) is 0 Å². The van der Waals surface area contributed by atoms with E-state index in [9.17, 15) is 0 Å². The molecule has 3 nitrogen and oxygen atoms in total. The maximum absolute atomic E-state index is 4.66. The average Bonchev–Trinajstić information content (AvgIpc) is 2.83. The third-order valence-electron chi connectivity index (χ3n) is 5.89. The van der Waals surface area contributed by atoms with Crippen LogP contribution in [0.1, 0.15) is 26.3 Å². The highest BCUT2D eigenvalue weighted by atomic mass is 14.7. The lowest BCUT2D eigenvalue weighted by molar-refractivity contribution is 0.589. The summed E-state index contributed by atoms with van der Waals surface area (Å²) < 4.78 is 0. The van der Waals surface area contributed by atoms with Crippen LogP contribution in [0.2, 0.25) is 0 Å². The summed E-state index contributed by atoms with van der Waals surface area (Å²) in [5.41, 5.74) is 8.06. The second-order valence-electron chi connectivity index (χ2n) is 9.08. The first-order chi connectivity index (χ1) is 15.5. The number of rotatable bonds is 3. The molecule has 0 saturated carbocycles. The van der Waals surface area contributed by atoms with E-state index in [0.717, 1.165) is 27.8 Å². The molecular weight excluding hydrogens is 390 g/mol. The molecule has 0 aliphatic rings. The van der Waals surface area contributed by atoms with Crippen LogP contribution in [0.15, 0.2) is 97.7 Å². The minimum Gasteiger partial charge on any atom is -0.264 e. The van der Waals surface area contributed by atoms with Gasteiger partial charge in [0.1, 0.15) is 0 Å². The van der Waals surface area contributed by atoms with Crippen LogP contribution in [-0.2, 0) is 5.41 Å². The lowest BCUT2D eigenvalue weighted by atomic mass is 9.86. The molecule has 0 bridgehead atoms. The van der Waals surface area contributed by atoms with E-state index in [1.54, 1.807) is 6.20 Å². The molecule has 5 rings (SSSR count). The minimum absolute atomic E-state index is 0.0840. The van der Waals surface area contributed by atoms with Crippen molar-refractivity contribution >= 4 is 10.8 Å². The Bertz CT molecular complexity index is 1400. The van der Waals surface area contributed by atoms with Crippen LogP contribution in [0.25, 0.3) is 44.3 Å². The normalized spacial score (nSPS) is 11.6. The Hall–Kier alpha value is -3.85. The number of hydrogen-bond donors (Lipinski definition) is 0. The smallest absolute Gasteiger partial charge is 0.0705 e. The van der Waals surface area contributed by atoms with Gasteiger partial charge in [-0.05, 0) is 63.4 Å². The van der Waals surface area contributed by atoms with Crippen molar-refractivity contribution in [1.82, 2.24) is 15.0 Å². The van der Waals surface area contributed by atoms with Crippen LogP contribution in [0, 0.1) is 0 Å². The number of aromatic nitrogens is 3. The third-order valence-corrected chi connectivity index (χ3v) is 5.89. The van der Waals surface area contributed by atoms with Crippen LogP contribution in [-0.4, -0.2) is 15.0 Å². The van der Waals surface area contributed by atoms with Gasteiger partial charge in [0, 0.05) is 47.5 Å². The van der Waals surface area contributed by atoms with Crippen LogP contribution in [0.4, 0.5) is 0 Å². The Kier molecular flexibility index (Phi) is 5.02. The van der Waals surface area contributed by atoms with E-state index in [4.69, 9.17) is 0 Å². The van der Waals surface area contributed by atoms with E-state index in [0.29, 0.717) is 0 Å². The van der Waals surface area contributed by atoms with Crippen molar-refractivity contribution in [2.24, 2.45) is 0 Å². The highest BCUT2D eigenvalue weighted by Gasteiger charge is 2.15. The molecule has 0 fully saturated rings. The van der Waals surface area contributed by atoms with Gasteiger partial charge >= 0.3 is 0 Å². The van der Waals surface area contributed by atoms with Crippen molar-refractivity contribution in [3.05, 3.63) is 103 Å². The summed E-state index contributed by atoms with van der Waals surface area (Å²) in [6.07, 6.45) is 9.41. The summed E-state index contributed by atoms with van der Waals surface area (Å²) in [5, 5.41) is 2.30. The average molecular weight is 416 g/mol. The predicted octanol–water partition coefficient (Wildman–Crippen LogP) is 7.32. The molecule has 0 radical (unpaired) electrons. The van der Waals surface area contributed by atoms with E-state index in [-0.39, 0.29) is 5.41 Å². The van der Waals surface area contributed by atoms with E-state index >= 15 is 0 Å². The van der Waals surface area contributed by atoms with Crippen LogP contribution < -0.4 is 0 Å². The molecule has 156 valence electrons. The number of hydrogen-bond acceptors (Lipinski definition) is 3. The van der Waals surface area contributed by atoms with Gasteiger partial charge in [-0.25, -0.2) is 0 Å². The van der Waals surface area contributed by atoms with Gasteiger partial charge < -0.3 is 0 Å². The van der Waals surface area contributed by atoms with Gasteiger partial charge in [0.25, 0.3) is 0 Å². The van der Waals surface area contributed by atoms with E-state index in [2.05, 4.69) is 96.4 Å². The lowest BCUT2D eigenvalue weighted by Crippen LogP contribution is -2.11. The molecule has 5 aromatic rings. The maximum Gasteiger partial charge on any atom is 0.0705 e. The Balaban J connectivity index is 1.64. The van der Waals surface area contributed by atoms with E-state index < -0.39 is 0 Å². The molecule has 0 atom stereocenters. The molecule has 2 aromatic carbocycles. The third kappa shape index (κ3) is 3.78. The van der Waals surface area contributed by atoms with Crippen LogP contribution in [0.3, 0.4) is 0 Å². The zero-order valence-electron chi connectivity index (χ0n) is 18.6. The van der Waals surface area contributed by atoms with Gasteiger partial charge in [0.05, 0.1) is 5.69 Å². The number of fused-ring (bicyclic) bond motifs is 1. The first kappa shape index (κ1) is 20.1. The monoisotopic (exact) mass is 415 g/mol. The largest absolute Gasteiger partial charge is 0.264 e. The highest BCUT2D eigenvalue weighted by molar-refractivity contribution is 6.04. The van der Waals surface area contributed by atoms with Crippen molar-refractivity contribution in [3.8, 4) is 33.5 Å². The zero-order valence-corrected chi connectivity index (χ0v) is 18.6. The second-order valence-corrected chi connectivity index (χ2v) is 9.08. The second kappa shape index (κ2) is 8.01. The molecule has 0 spiro atoms. The summed E-state index contributed by atoms with van der Waals surface area (Å²) in [6.45, 7) is 6.69. The molecule has 0 N–H and O–H groups in total. The molecule has 3 aromatic heterocycles. The van der Waals surface area contributed by atoms with Gasteiger partial charge in [-0.2, -0.15) is 0 Å². The lowest BCUT2D eigenvalue weighted by Gasteiger charge is -2.19. The minimum atomic E-state index is 0.0840. The summed E-state index contributed by atoms with van der Waals surface area (Å²) in [4.78, 5) is 13.3. The predicted molar refractivity (Wildman–Crippen MR) is 132 cm³/mol. The summed E-state index contributed by atoms with van der Waals surface area (Å²) in [7, 11) is 0. The SMILES string of the molecule is CC(C)(C)c1ccnc(-c2cccc(-c3ccc(-c4cccnc4)c4cnccc34)c2)c1. The molecular formula is C29H25N3. The molecule has 3 heteroatoms. The molecule has 3 heterocycles. The first-order valence-electron chi connectivity index (χ1n) is 10.9. The molecule has 0 saturated heterocycles. The van der Waals surface area contributed by atoms with Gasteiger partial charge in [0.15, 0.2) is 0 Å². The number of nitrogens with zero attached hydrogens (tertiary/aromatic N) is 3. The van der Waals surface area contributed by atoms with Crippen molar-refractivity contribution < 1.29 is 0 Å². The topological polar surface area (TPSA) is 38.7 Å². The van der Waals surface area contributed by atoms with Gasteiger partial charge in [-0.1, -0.05) is 57.2 Å². The molecule has 0 amide bonds. The molecule has 0 aliphatic heterocycles. The van der Waals surface area contributed by atoms with Gasteiger partial charge in [-0.3, -0.25) is 15.0 Å². The van der Waals surface area contributed by atoms with E-state index in [1.165, 1.54) is 22.1 Å². The Morgan fingerprint density at radius 2 is 1.34 bits per heavy atom. The van der Waals surface area contributed by atoms with Crippen LogP contribution in [0.5, 0.6) is 0 Å². The summed E-state index contributed by atoms with van der Waals surface area (Å²) >= 11 is 0. The molecule has 32 heavy (non-hydrogen) atoms. The fourth-order valence-corrected chi connectivity index (χ4v) is 4.12. The van der Waals surface area contributed by atoms with Crippen molar-refractivity contribution in [3.63, 3.8) is 0 Å². The molecule has 0 aliphatic carbocycles. The first-order valence-corrected chi connectivity index (χ1v) is 10.9. The highest BCUT2D eigenvalue weighted by Crippen LogP contribution is 2.36. The zero-order chi connectivity index (χ0) is 22.1. The van der Waals surface area contributed by atoms with E-state index in [1.807, 2.05) is 30.9 Å². The van der Waals surface area contributed by atoms with Gasteiger partial charge in [0.2, 0.25) is 0 Å². The van der Waals surface area contributed by atoms with Crippen molar-refractivity contribution in [1.29, 1.82) is 0 Å². The maximum atomic E-state index is 4.66. The number of benzene rings is 2. The van der Waals surface area contributed by atoms with Crippen LogP contribution >= 0.6 is 0 Å². The summed E-state index contributed by atoms with van der Waals surface area (Å²) in [5.74, 6) is 0. The van der Waals surface area contributed by atoms with Crippen molar-refractivity contribution in [2.45, 2.75) is 26.2 Å². The quantitative estimate of drug-likeness (QED) is 0.310. The molecule has 0 unspecified atom stereocenters. The fraction of sp³-hybridized carbons (Fsp3) is 0.138. The Morgan fingerprint density at radius 3 is 2.12 bits per heavy atom. The Labute approximate surface area is 188 Å². The standard InChI is InChI=1S/C29H25N3/c1-29(2,3)23-11-15-32-28(17-23)21-7-4-6-20(16-21)24-9-10-25(22-8-5-13-30-18-22)27-19-31-14-12-26(24)27/h4-19H,1-3H3. The van der Waals surface area contributed by atoms with Gasteiger partial charge in [-0.15, -0.1) is 0 Å².